The highest BCUT2D eigenvalue weighted by Crippen LogP contribution is 2.18. The van der Waals surface area contributed by atoms with Gasteiger partial charge in [0.25, 0.3) is 0 Å². The average Bonchev–Trinajstić information content (AvgIpc) is 2.47. The predicted molar refractivity (Wildman–Crippen MR) is 82.2 cm³/mol. The van der Waals surface area contributed by atoms with Crippen LogP contribution in [0.25, 0.3) is 0 Å². The van der Waals surface area contributed by atoms with Crippen LogP contribution in [-0.2, 0) is 0 Å². The number of hydrogen-bond acceptors (Lipinski definition) is 5. The van der Waals surface area contributed by atoms with Gasteiger partial charge < -0.3 is 10.1 Å². The molecule has 0 saturated heterocycles. The van der Waals surface area contributed by atoms with Gasteiger partial charge in [-0.3, -0.25) is 4.79 Å². The molecule has 5 nitrogen and oxygen atoms in total. The van der Waals surface area contributed by atoms with Gasteiger partial charge in [0.2, 0.25) is 0 Å². The van der Waals surface area contributed by atoms with Gasteiger partial charge in [0, 0.05) is 6.54 Å². The fourth-order valence-corrected chi connectivity index (χ4v) is 2.03. The number of nitrogens with zero attached hydrogens (tertiary/aromatic N) is 2. The summed E-state index contributed by atoms with van der Waals surface area (Å²) < 4.78 is 5.58. The summed E-state index contributed by atoms with van der Waals surface area (Å²) in [4.78, 5) is 19.1. The Labute approximate surface area is 128 Å². The first-order valence-corrected chi connectivity index (χ1v) is 6.99. The van der Waals surface area contributed by atoms with E-state index in [-0.39, 0.29) is 10.7 Å². The maximum absolute atomic E-state index is 11.0. The molecule has 6 heteroatoms. The molecule has 0 bridgehead atoms. The second kappa shape index (κ2) is 7.59. The highest BCUT2D eigenvalue weighted by Gasteiger charge is 2.10. The van der Waals surface area contributed by atoms with E-state index in [9.17, 15) is 4.79 Å². The first-order chi connectivity index (χ1) is 10.2. The summed E-state index contributed by atoms with van der Waals surface area (Å²) in [6, 6.07) is 9.61. The van der Waals surface area contributed by atoms with Crippen LogP contribution in [0.2, 0.25) is 5.15 Å². The molecule has 2 aromatic rings. The summed E-state index contributed by atoms with van der Waals surface area (Å²) in [6.45, 7) is 2.93. The van der Waals surface area contributed by atoms with E-state index in [2.05, 4.69) is 15.3 Å². The minimum atomic E-state index is 0.167. The normalized spacial score (nSPS) is 10.2. The van der Waals surface area contributed by atoms with E-state index in [0.717, 1.165) is 12.2 Å². The van der Waals surface area contributed by atoms with Crippen LogP contribution < -0.4 is 10.1 Å². The smallest absolute Gasteiger partial charge is 0.156 e. The topological polar surface area (TPSA) is 64.1 Å². The molecule has 21 heavy (non-hydrogen) atoms. The van der Waals surface area contributed by atoms with Crippen molar-refractivity contribution in [3.8, 4) is 5.75 Å². The van der Waals surface area contributed by atoms with Crippen molar-refractivity contribution >= 4 is 23.7 Å². The summed E-state index contributed by atoms with van der Waals surface area (Å²) in [5, 5.41) is 3.25. The Hall–Kier alpha value is -2.14. The zero-order valence-electron chi connectivity index (χ0n) is 11.7. The molecule has 0 amide bonds. The largest absolute Gasteiger partial charge is 0.494 e. The van der Waals surface area contributed by atoms with Crippen molar-refractivity contribution in [2.45, 2.75) is 13.3 Å². The fourth-order valence-electron chi connectivity index (χ4n) is 1.77. The molecule has 2 rings (SSSR count). The van der Waals surface area contributed by atoms with E-state index in [1.54, 1.807) is 6.92 Å². The minimum absolute atomic E-state index is 0.167. The van der Waals surface area contributed by atoms with Crippen LogP contribution in [0.4, 0.5) is 5.82 Å². The van der Waals surface area contributed by atoms with E-state index >= 15 is 0 Å². The van der Waals surface area contributed by atoms with Crippen LogP contribution in [-0.4, -0.2) is 29.4 Å². The molecule has 0 fully saturated rings. The summed E-state index contributed by atoms with van der Waals surface area (Å²) in [5.74, 6) is 1.82. The number of rotatable bonds is 7. The Balaban J connectivity index is 1.82. The fraction of sp³-hybridized carbons (Fsp3) is 0.267. The Morgan fingerprint density at radius 1 is 1.29 bits per heavy atom. The predicted octanol–water partition coefficient (Wildman–Crippen LogP) is 3.13. The van der Waals surface area contributed by atoms with Crippen LogP contribution in [0.1, 0.15) is 22.6 Å². The summed E-state index contributed by atoms with van der Waals surface area (Å²) >= 11 is 5.91. The van der Waals surface area contributed by atoms with Crippen molar-refractivity contribution in [2.24, 2.45) is 0 Å². The number of aromatic nitrogens is 2. The summed E-state index contributed by atoms with van der Waals surface area (Å²) in [7, 11) is 0. The first kappa shape index (κ1) is 15.3. The van der Waals surface area contributed by atoms with Crippen LogP contribution >= 0.6 is 11.6 Å². The Bertz CT molecular complexity index is 605. The Kier molecular flexibility index (Phi) is 5.51. The number of aldehydes is 1. The van der Waals surface area contributed by atoms with Gasteiger partial charge in [-0.2, -0.15) is 0 Å². The Morgan fingerprint density at radius 2 is 2.05 bits per heavy atom. The van der Waals surface area contributed by atoms with Crippen molar-refractivity contribution in [3.63, 3.8) is 0 Å². The van der Waals surface area contributed by atoms with Crippen molar-refractivity contribution in [1.82, 2.24) is 9.97 Å². The third-order valence-electron chi connectivity index (χ3n) is 2.75. The van der Waals surface area contributed by atoms with Gasteiger partial charge in [-0.25, -0.2) is 9.97 Å². The van der Waals surface area contributed by atoms with Crippen molar-refractivity contribution in [3.05, 3.63) is 46.9 Å². The maximum Gasteiger partial charge on any atom is 0.156 e. The zero-order valence-corrected chi connectivity index (χ0v) is 12.4. The standard InChI is InChI=1S/C15H16ClN3O2/c1-11-18-14(16)13(10-20)15(19-11)17-8-5-9-21-12-6-3-2-4-7-12/h2-4,6-7,10H,5,8-9H2,1H3,(H,17,18,19). The highest BCUT2D eigenvalue weighted by atomic mass is 35.5. The second-order valence-corrected chi connectivity index (χ2v) is 4.74. The quantitative estimate of drug-likeness (QED) is 0.484. The number of ether oxygens (including phenoxy) is 1. The third-order valence-corrected chi connectivity index (χ3v) is 3.04. The van der Waals surface area contributed by atoms with Gasteiger partial charge in [-0.15, -0.1) is 0 Å². The number of hydrogen-bond donors (Lipinski definition) is 1. The van der Waals surface area contributed by atoms with Gasteiger partial charge in [0.15, 0.2) is 6.29 Å². The molecule has 1 aromatic heterocycles. The first-order valence-electron chi connectivity index (χ1n) is 6.61. The SMILES string of the molecule is Cc1nc(Cl)c(C=O)c(NCCCOc2ccccc2)n1. The Morgan fingerprint density at radius 3 is 2.76 bits per heavy atom. The molecule has 0 atom stereocenters. The van der Waals surface area contributed by atoms with Crippen LogP contribution in [0, 0.1) is 6.92 Å². The van der Waals surface area contributed by atoms with Gasteiger partial charge in [0.05, 0.1) is 12.2 Å². The number of benzene rings is 1. The highest BCUT2D eigenvalue weighted by molar-refractivity contribution is 6.32. The van der Waals surface area contributed by atoms with E-state index in [1.807, 2.05) is 30.3 Å². The molecule has 0 aliphatic rings. The van der Waals surface area contributed by atoms with Gasteiger partial charge in [-0.1, -0.05) is 29.8 Å². The van der Waals surface area contributed by atoms with E-state index in [1.165, 1.54) is 0 Å². The number of nitrogens with one attached hydrogen (secondary N) is 1. The molecule has 0 aliphatic heterocycles. The van der Waals surface area contributed by atoms with Crippen molar-refractivity contribution in [1.29, 1.82) is 0 Å². The molecule has 0 spiro atoms. The van der Waals surface area contributed by atoms with E-state index in [4.69, 9.17) is 16.3 Å². The molecule has 0 radical (unpaired) electrons. The zero-order chi connectivity index (χ0) is 15.1. The third kappa shape index (κ3) is 4.43. The number of para-hydroxylation sites is 1. The van der Waals surface area contributed by atoms with Crippen LogP contribution in [0.3, 0.4) is 0 Å². The lowest BCUT2D eigenvalue weighted by Crippen LogP contribution is -2.11. The molecule has 1 aromatic carbocycles. The minimum Gasteiger partial charge on any atom is -0.494 e. The van der Waals surface area contributed by atoms with Gasteiger partial charge in [0.1, 0.15) is 22.5 Å². The summed E-state index contributed by atoms with van der Waals surface area (Å²) in [6.07, 6.45) is 1.43. The van der Waals surface area contributed by atoms with Gasteiger partial charge >= 0.3 is 0 Å². The van der Waals surface area contributed by atoms with Crippen LogP contribution in [0.5, 0.6) is 5.75 Å². The molecule has 0 unspecified atom stereocenters. The molecular formula is C15H16ClN3O2. The average molecular weight is 306 g/mol. The molecular weight excluding hydrogens is 290 g/mol. The lowest BCUT2D eigenvalue weighted by atomic mass is 10.3. The number of halogens is 1. The van der Waals surface area contributed by atoms with Gasteiger partial charge in [-0.05, 0) is 25.5 Å². The molecule has 110 valence electrons. The van der Waals surface area contributed by atoms with Crippen LogP contribution in [0.15, 0.2) is 30.3 Å². The van der Waals surface area contributed by atoms with Crippen molar-refractivity contribution in [2.75, 3.05) is 18.5 Å². The lowest BCUT2D eigenvalue weighted by molar-refractivity contribution is 0.112. The number of anilines is 1. The lowest BCUT2D eigenvalue weighted by Gasteiger charge is -2.10. The van der Waals surface area contributed by atoms with Crippen molar-refractivity contribution < 1.29 is 9.53 Å². The number of carbonyl (C=O) groups is 1. The number of carbonyl (C=O) groups excluding carboxylic acids is 1. The molecule has 0 aliphatic carbocycles. The summed E-state index contributed by atoms with van der Waals surface area (Å²) in [5.41, 5.74) is 0.284. The number of aryl methyl sites for hydroxylation is 1. The maximum atomic E-state index is 11.0. The molecule has 0 saturated carbocycles. The molecule has 1 N–H and O–H groups in total. The van der Waals surface area contributed by atoms with E-state index in [0.29, 0.717) is 31.1 Å². The monoisotopic (exact) mass is 305 g/mol. The second-order valence-electron chi connectivity index (χ2n) is 4.38. The van der Waals surface area contributed by atoms with E-state index < -0.39 is 0 Å². The molecule has 1 heterocycles.